The van der Waals surface area contributed by atoms with Gasteiger partial charge < -0.3 is 82.1 Å². The van der Waals surface area contributed by atoms with Crippen LogP contribution in [0.2, 0.25) is 0 Å². The molecular weight excluding hydrogens is 1100 g/mol. The summed E-state index contributed by atoms with van der Waals surface area (Å²) < 4.78 is 0. The van der Waals surface area contributed by atoms with E-state index in [-0.39, 0.29) is 23.6 Å². The molecule has 4 aromatic carbocycles. The number of aliphatic imine (C=N–C) groups is 1. The van der Waals surface area contributed by atoms with Crippen molar-refractivity contribution in [1.82, 2.24) is 15.0 Å². The van der Waals surface area contributed by atoms with Gasteiger partial charge in [0.15, 0.2) is 0 Å². The first kappa shape index (κ1) is 63.7. The summed E-state index contributed by atoms with van der Waals surface area (Å²) in [5, 5.41) is 13.5. The van der Waals surface area contributed by atoms with Gasteiger partial charge in [0.25, 0.3) is 0 Å². The number of allylic oxidation sites excluding steroid dienone is 2. The van der Waals surface area contributed by atoms with Gasteiger partial charge >= 0.3 is 0 Å². The number of rotatable bonds is 28. The molecule has 460 valence electrons. The van der Waals surface area contributed by atoms with Crippen LogP contribution in [0.4, 0.5) is 22.7 Å². The molecule has 0 saturated carbocycles. The normalized spacial score (nSPS) is 15.1. The van der Waals surface area contributed by atoms with Crippen LogP contribution in [0.3, 0.4) is 0 Å². The Bertz CT molecular complexity index is 3750. The maximum absolute atomic E-state index is 13.2. The van der Waals surface area contributed by atoms with Crippen LogP contribution in [0.25, 0.3) is 16.7 Å². The van der Waals surface area contributed by atoms with Crippen LogP contribution in [0.1, 0.15) is 128 Å². The van der Waals surface area contributed by atoms with Gasteiger partial charge in [-0.05, 0) is 197 Å². The van der Waals surface area contributed by atoms with Crippen LogP contribution in [0.15, 0.2) is 156 Å². The van der Waals surface area contributed by atoms with Crippen molar-refractivity contribution in [1.29, 1.82) is 0 Å². The predicted molar refractivity (Wildman–Crippen MR) is 353 cm³/mol. The van der Waals surface area contributed by atoms with Crippen LogP contribution in [-0.4, -0.2) is 94.6 Å². The Morgan fingerprint density at radius 2 is 0.727 bits per heavy atom. The second-order valence-corrected chi connectivity index (χ2v) is 22.6. The molecule has 88 heavy (non-hydrogen) atoms. The average Bonchev–Trinajstić information content (AvgIpc) is 2.34. The minimum Gasteiger partial charge on any atom is -0.357 e. The molecule has 0 radical (unpaired) electrons. The summed E-state index contributed by atoms with van der Waals surface area (Å²) in [6, 6.07) is 40.3. The number of amides is 4. The van der Waals surface area contributed by atoms with E-state index < -0.39 is 30.1 Å². The van der Waals surface area contributed by atoms with Crippen molar-refractivity contribution in [2.75, 3.05) is 47.4 Å². The first-order chi connectivity index (χ1) is 42.7. The lowest BCUT2D eigenvalue weighted by Gasteiger charge is -2.18. The monoisotopic (exact) mass is 1190 g/mol. The zero-order valence-corrected chi connectivity index (χ0v) is 49.8. The number of fused-ring (bicyclic) bond motifs is 7. The lowest BCUT2D eigenvalue weighted by Crippen LogP contribution is -2.35. The molecule has 2 aliphatic rings. The number of nitrogens with one attached hydrogen (secondary N) is 7. The maximum Gasteiger partial charge on any atom is 0.241 e. The van der Waals surface area contributed by atoms with Gasteiger partial charge in [0.05, 0.1) is 41.5 Å². The minimum absolute atomic E-state index is 0.269. The molecule has 9 rings (SSSR count). The predicted octanol–water partition coefficient (Wildman–Crippen LogP) is 5.66. The van der Waals surface area contributed by atoms with Gasteiger partial charge in [0, 0.05) is 72.9 Å². The van der Waals surface area contributed by atoms with Crippen molar-refractivity contribution < 1.29 is 19.2 Å². The van der Waals surface area contributed by atoms with Gasteiger partial charge in [0.2, 0.25) is 23.6 Å². The Kier molecular flexibility index (Phi) is 22.2. The molecule has 20 nitrogen and oxygen atoms in total. The topological polar surface area (TPSA) is 384 Å². The standard InChI is InChI=1S/C68H84N16O4/c69-37-5-1-9-49(73)65(85)77-45-21-13-41(14-22-45)61-53-29-31-55(81-53)62(42-15-23-46(24-16-42)78-66(86)50(74)10-2-6-38-70)57-33-35-59(83-57)64(44-19-27-48(28-20-44)80-68(88)52(76)12-4-8-40-72)60-36-34-58(84-60)63(56-32-30-54(61)82-56)43-17-25-47(26-18-43)79-67(87)51(75)11-3-7-39-71/h13-36,49-52,61,81-83H,1-12,37-40,69-76H2,(H,77,85)(H,78,86)(H,79,87)(H,80,88)/t49-,50-,51-,52-,61?/m0/s1. The van der Waals surface area contributed by atoms with Crippen LogP contribution in [0.5, 0.6) is 0 Å². The van der Waals surface area contributed by atoms with E-state index in [9.17, 15) is 19.2 Å². The second kappa shape index (κ2) is 30.7. The van der Waals surface area contributed by atoms with E-state index in [4.69, 9.17) is 50.9 Å². The highest BCUT2D eigenvalue weighted by Crippen LogP contribution is 2.38. The number of aromatic amines is 3. The van der Waals surface area contributed by atoms with Gasteiger partial charge in [-0.25, -0.2) is 4.99 Å². The van der Waals surface area contributed by atoms with E-state index in [1.165, 1.54) is 0 Å². The van der Waals surface area contributed by atoms with Crippen molar-refractivity contribution in [2.24, 2.45) is 50.9 Å². The molecule has 7 aromatic rings. The summed E-state index contributed by atoms with van der Waals surface area (Å²) >= 11 is 0. The van der Waals surface area contributed by atoms with Gasteiger partial charge in [-0.3, -0.25) is 19.2 Å². The van der Waals surface area contributed by atoms with Crippen LogP contribution in [-0.2, 0) is 19.2 Å². The Morgan fingerprint density at radius 1 is 0.386 bits per heavy atom. The molecule has 1 unspecified atom stereocenters. The Balaban J connectivity index is 1.20. The molecule has 8 bridgehead atoms. The Hall–Kier alpha value is -8.83. The highest BCUT2D eigenvalue weighted by molar-refractivity contribution is 6.30. The van der Waals surface area contributed by atoms with Crippen molar-refractivity contribution in [3.63, 3.8) is 0 Å². The van der Waals surface area contributed by atoms with E-state index in [0.29, 0.717) is 86.0 Å². The summed E-state index contributed by atoms with van der Waals surface area (Å²) in [7, 11) is 0. The fourth-order valence-corrected chi connectivity index (χ4v) is 11.1. The molecule has 4 amide bonds. The van der Waals surface area contributed by atoms with E-state index in [1.807, 2.05) is 127 Å². The number of carbonyl (C=O) groups is 4. The molecule has 0 aliphatic carbocycles. The maximum atomic E-state index is 13.2. The third-order valence-corrected chi connectivity index (χ3v) is 16.0. The lowest BCUT2D eigenvalue weighted by atomic mass is 9.92. The molecule has 5 heterocycles. The summed E-state index contributed by atoms with van der Waals surface area (Å²) in [4.78, 5) is 69.9. The molecule has 0 saturated heterocycles. The number of anilines is 4. The molecule has 3 aromatic heterocycles. The summed E-state index contributed by atoms with van der Waals surface area (Å²) in [5.74, 6) is -1.50. The molecule has 20 heteroatoms. The highest BCUT2D eigenvalue weighted by Gasteiger charge is 2.27. The molecule has 2 aliphatic heterocycles. The van der Waals surface area contributed by atoms with Crippen molar-refractivity contribution in [3.05, 3.63) is 207 Å². The number of unbranched alkanes of at least 4 members (excludes halogenated alkanes) is 4. The van der Waals surface area contributed by atoms with E-state index >= 15 is 0 Å². The number of benzene rings is 4. The largest absolute Gasteiger partial charge is 0.357 e. The van der Waals surface area contributed by atoms with Gasteiger partial charge in [-0.15, -0.1) is 0 Å². The summed E-state index contributed by atoms with van der Waals surface area (Å²) in [6.07, 6.45) is 12.2. The number of hydrogen-bond acceptors (Lipinski definition) is 13. The molecule has 0 spiro atoms. The number of nitrogens with two attached hydrogens (primary N) is 8. The van der Waals surface area contributed by atoms with Crippen LogP contribution < -0.4 is 77.8 Å². The number of aromatic nitrogens is 3. The van der Waals surface area contributed by atoms with Crippen molar-refractivity contribution in [3.8, 4) is 0 Å². The highest BCUT2D eigenvalue weighted by atomic mass is 16.2. The Labute approximate surface area is 513 Å². The Morgan fingerprint density at radius 3 is 1.11 bits per heavy atom. The minimum atomic E-state index is -0.685. The summed E-state index contributed by atoms with van der Waals surface area (Å²) in [6.45, 7) is 2.14. The quantitative estimate of drug-likeness (QED) is 0.0264. The lowest BCUT2D eigenvalue weighted by molar-refractivity contribution is -0.118. The van der Waals surface area contributed by atoms with E-state index in [0.717, 1.165) is 124 Å². The van der Waals surface area contributed by atoms with Crippen LogP contribution >= 0.6 is 0 Å². The second-order valence-electron chi connectivity index (χ2n) is 22.6. The third-order valence-electron chi connectivity index (χ3n) is 16.0. The van der Waals surface area contributed by atoms with Crippen LogP contribution in [0, 0.1) is 0 Å². The SMILES string of the molecule is NCCCC[C@H](N)C(=O)Nc1ccc(C2=C3C=CC(=N3)C(c3ccc(NC(=O)[C@@H](N)CCCCN)cc3)=c3ccc([nH]3)=C(c3ccc(NC(=O)[C@@H](N)CCCCN)cc3)c3ccc([nH]3)C(c3ccc(NC(=O)[C@@H](N)CCCCN)cc3)c3ccc2[nH]3)cc1. The zero-order chi connectivity index (χ0) is 62.1. The molecule has 0 fully saturated rings. The van der Waals surface area contributed by atoms with Gasteiger partial charge in [0.1, 0.15) is 0 Å². The first-order valence-electron chi connectivity index (χ1n) is 30.6. The third kappa shape index (κ3) is 16.0. The molecular formula is C68H84N16O4. The first-order valence-corrected chi connectivity index (χ1v) is 30.6. The number of H-pyrrole nitrogens is 3. The van der Waals surface area contributed by atoms with Gasteiger partial charge in [-0.1, -0.05) is 74.2 Å². The van der Waals surface area contributed by atoms with Crippen molar-refractivity contribution in [2.45, 2.75) is 107 Å². The fraction of sp³-hybridized carbons (Fsp3) is 0.309. The number of nitrogens with zero attached hydrogens (tertiary/aromatic N) is 1. The van der Waals surface area contributed by atoms with E-state index in [1.54, 1.807) is 0 Å². The molecule has 23 N–H and O–H groups in total. The number of hydrogen-bond donors (Lipinski definition) is 15. The molecule has 5 atom stereocenters. The van der Waals surface area contributed by atoms with Crippen molar-refractivity contribution >= 4 is 68.8 Å². The average molecular weight is 1190 g/mol. The smallest absolute Gasteiger partial charge is 0.241 e. The number of carbonyl (C=O) groups excluding carboxylic acids is 4. The summed E-state index contributed by atoms with van der Waals surface area (Å²) in [5.41, 5.74) is 60.8. The fourth-order valence-electron chi connectivity index (χ4n) is 11.1. The van der Waals surface area contributed by atoms with Gasteiger partial charge in [-0.2, -0.15) is 0 Å². The zero-order valence-electron chi connectivity index (χ0n) is 49.8. The van der Waals surface area contributed by atoms with E-state index in [2.05, 4.69) is 54.4 Å².